The second kappa shape index (κ2) is 6.50. The summed E-state index contributed by atoms with van der Waals surface area (Å²) in [4.78, 5) is 14.6. The number of nitrogens with zero attached hydrogens (tertiary/aromatic N) is 1. The van der Waals surface area contributed by atoms with E-state index in [4.69, 9.17) is 4.42 Å². The van der Waals surface area contributed by atoms with Crippen LogP contribution < -0.4 is 10.6 Å². The van der Waals surface area contributed by atoms with Crippen molar-refractivity contribution in [2.24, 2.45) is 0 Å². The molecule has 3 rings (SSSR count). The van der Waals surface area contributed by atoms with Gasteiger partial charge in [-0.05, 0) is 26.0 Å². The molecule has 2 N–H and O–H groups in total. The number of nitrogens with one attached hydrogen (secondary N) is 2. The Balaban J connectivity index is 1.64. The molecule has 2 atom stereocenters. The van der Waals surface area contributed by atoms with Crippen LogP contribution in [-0.2, 0) is 4.79 Å². The average Bonchev–Trinajstić information content (AvgIpc) is 2.99. The highest BCUT2D eigenvalue weighted by molar-refractivity contribution is 5.82. The summed E-state index contributed by atoms with van der Waals surface area (Å²) >= 11 is 0. The molecule has 1 saturated heterocycles. The van der Waals surface area contributed by atoms with E-state index in [0.717, 1.165) is 42.9 Å². The van der Waals surface area contributed by atoms with Crippen molar-refractivity contribution in [2.75, 3.05) is 26.2 Å². The molecule has 5 heteroatoms. The van der Waals surface area contributed by atoms with Gasteiger partial charge in [-0.25, -0.2) is 0 Å². The molecule has 1 fully saturated rings. The van der Waals surface area contributed by atoms with Gasteiger partial charge in [-0.3, -0.25) is 9.69 Å². The van der Waals surface area contributed by atoms with Crippen molar-refractivity contribution in [3.05, 3.63) is 36.1 Å². The number of carbonyl (C=O) groups excluding carboxylic acids is 1. The first-order valence-electron chi connectivity index (χ1n) is 7.89. The molecular weight excluding hydrogens is 278 g/mol. The van der Waals surface area contributed by atoms with E-state index < -0.39 is 0 Å². The average molecular weight is 301 g/mol. The second-order valence-electron chi connectivity index (χ2n) is 5.88. The maximum Gasteiger partial charge on any atom is 0.237 e. The van der Waals surface area contributed by atoms with E-state index in [1.807, 2.05) is 44.2 Å². The highest BCUT2D eigenvalue weighted by Gasteiger charge is 2.24. The fourth-order valence-corrected chi connectivity index (χ4v) is 2.86. The quantitative estimate of drug-likeness (QED) is 0.905. The highest BCUT2D eigenvalue weighted by atomic mass is 16.3. The third kappa shape index (κ3) is 3.15. The van der Waals surface area contributed by atoms with E-state index >= 15 is 0 Å². The lowest BCUT2D eigenvalue weighted by Gasteiger charge is -2.32. The van der Waals surface area contributed by atoms with Crippen molar-refractivity contribution in [1.82, 2.24) is 15.5 Å². The molecule has 0 radical (unpaired) electrons. The molecule has 1 aromatic carbocycles. The monoisotopic (exact) mass is 301 g/mol. The number of benzene rings is 1. The number of hydrogen-bond donors (Lipinski definition) is 2. The van der Waals surface area contributed by atoms with E-state index in [0.29, 0.717) is 0 Å². The van der Waals surface area contributed by atoms with Crippen molar-refractivity contribution in [2.45, 2.75) is 25.9 Å². The van der Waals surface area contributed by atoms with Gasteiger partial charge in [0.25, 0.3) is 0 Å². The van der Waals surface area contributed by atoms with Crippen LogP contribution in [0.25, 0.3) is 11.0 Å². The number of rotatable bonds is 4. The Morgan fingerprint density at radius 3 is 2.73 bits per heavy atom. The Kier molecular flexibility index (Phi) is 4.45. The summed E-state index contributed by atoms with van der Waals surface area (Å²) in [6.07, 6.45) is 0. The lowest BCUT2D eigenvalue weighted by molar-refractivity contribution is -0.126. The number of furan rings is 1. The van der Waals surface area contributed by atoms with Crippen LogP contribution in [0.5, 0.6) is 0 Å². The van der Waals surface area contributed by atoms with E-state index in [-0.39, 0.29) is 18.0 Å². The third-order valence-corrected chi connectivity index (χ3v) is 4.31. The van der Waals surface area contributed by atoms with Crippen LogP contribution in [-0.4, -0.2) is 43.0 Å². The van der Waals surface area contributed by atoms with Crippen LogP contribution in [0.3, 0.4) is 0 Å². The van der Waals surface area contributed by atoms with Crippen molar-refractivity contribution in [3.63, 3.8) is 0 Å². The topological polar surface area (TPSA) is 57.5 Å². The summed E-state index contributed by atoms with van der Waals surface area (Å²) in [5, 5.41) is 7.42. The smallest absolute Gasteiger partial charge is 0.237 e. The summed E-state index contributed by atoms with van der Waals surface area (Å²) < 4.78 is 5.82. The van der Waals surface area contributed by atoms with Gasteiger partial charge in [0.15, 0.2) is 0 Å². The molecule has 1 aliphatic heterocycles. The minimum Gasteiger partial charge on any atom is -0.459 e. The van der Waals surface area contributed by atoms with Crippen LogP contribution in [0.1, 0.15) is 25.6 Å². The predicted octanol–water partition coefficient (Wildman–Crippen LogP) is 1.90. The van der Waals surface area contributed by atoms with Crippen LogP contribution >= 0.6 is 0 Å². The van der Waals surface area contributed by atoms with Crippen molar-refractivity contribution in [3.8, 4) is 0 Å². The Bertz CT molecular complexity index is 613. The largest absolute Gasteiger partial charge is 0.459 e. The molecule has 2 unspecified atom stereocenters. The Labute approximate surface area is 130 Å². The van der Waals surface area contributed by atoms with Gasteiger partial charge < -0.3 is 15.1 Å². The molecule has 1 aliphatic rings. The maximum absolute atomic E-state index is 12.4. The molecule has 5 nitrogen and oxygen atoms in total. The maximum atomic E-state index is 12.4. The van der Waals surface area contributed by atoms with Crippen molar-refractivity contribution < 1.29 is 9.21 Å². The minimum atomic E-state index is -0.134. The van der Waals surface area contributed by atoms with Crippen LogP contribution in [0.15, 0.2) is 34.7 Å². The first-order valence-corrected chi connectivity index (χ1v) is 7.89. The van der Waals surface area contributed by atoms with Gasteiger partial charge >= 0.3 is 0 Å². The van der Waals surface area contributed by atoms with Crippen molar-refractivity contribution >= 4 is 16.9 Å². The van der Waals surface area contributed by atoms with Gasteiger partial charge in [-0.1, -0.05) is 18.2 Å². The molecule has 22 heavy (non-hydrogen) atoms. The molecule has 2 aromatic rings. The molecule has 118 valence electrons. The Morgan fingerprint density at radius 1 is 1.27 bits per heavy atom. The number of carbonyl (C=O) groups is 1. The summed E-state index contributed by atoms with van der Waals surface area (Å²) in [5.74, 6) is 0.844. The minimum absolute atomic E-state index is 0.0508. The highest BCUT2D eigenvalue weighted by Crippen LogP contribution is 2.23. The van der Waals surface area contributed by atoms with E-state index in [2.05, 4.69) is 15.5 Å². The summed E-state index contributed by atoms with van der Waals surface area (Å²) in [5.41, 5.74) is 0.855. The first-order chi connectivity index (χ1) is 10.6. The first kappa shape index (κ1) is 15.1. The SMILES string of the molecule is CC(NC(=O)C(C)N1CCNCC1)c1cc2ccccc2o1. The predicted molar refractivity (Wildman–Crippen MR) is 86.7 cm³/mol. The number of fused-ring (bicyclic) bond motifs is 1. The Hall–Kier alpha value is -1.85. The molecule has 0 bridgehead atoms. The number of para-hydroxylation sites is 1. The zero-order valence-corrected chi connectivity index (χ0v) is 13.1. The zero-order chi connectivity index (χ0) is 15.5. The molecule has 1 aromatic heterocycles. The van der Waals surface area contributed by atoms with Crippen molar-refractivity contribution in [1.29, 1.82) is 0 Å². The molecule has 2 heterocycles. The summed E-state index contributed by atoms with van der Waals surface area (Å²) in [7, 11) is 0. The van der Waals surface area contributed by atoms with Gasteiger partial charge in [-0.15, -0.1) is 0 Å². The van der Waals surface area contributed by atoms with Gasteiger partial charge in [0.1, 0.15) is 11.3 Å². The zero-order valence-electron chi connectivity index (χ0n) is 13.1. The molecule has 1 amide bonds. The normalized spacial score (nSPS) is 19.0. The van der Waals surface area contributed by atoms with E-state index in [9.17, 15) is 4.79 Å². The summed E-state index contributed by atoms with van der Waals surface area (Å²) in [6.45, 7) is 7.63. The Morgan fingerprint density at radius 2 is 2.00 bits per heavy atom. The third-order valence-electron chi connectivity index (χ3n) is 4.31. The molecule has 0 saturated carbocycles. The fourth-order valence-electron chi connectivity index (χ4n) is 2.86. The van der Waals surface area contributed by atoms with E-state index in [1.165, 1.54) is 0 Å². The number of hydrogen-bond acceptors (Lipinski definition) is 4. The number of amides is 1. The molecular formula is C17H23N3O2. The van der Waals surface area contributed by atoms with Gasteiger partial charge in [0, 0.05) is 31.6 Å². The van der Waals surface area contributed by atoms with Crippen LogP contribution in [0.4, 0.5) is 0 Å². The van der Waals surface area contributed by atoms with Crippen LogP contribution in [0, 0.1) is 0 Å². The lowest BCUT2D eigenvalue weighted by atomic mass is 10.2. The van der Waals surface area contributed by atoms with Crippen LogP contribution in [0.2, 0.25) is 0 Å². The number of piperazine rings is 1. The van der Waals surface area contributed by atoms with Gasteiger partial charge in [0.2, 0.25) is 5.91 Å². The molecule has 0 aliphatic carbocycles. The lowest BCUT2D eigenvalue weighted by Crippen LogP contribution is -2.52. The summed E-state index contributed by atoms with van der Waals surface area (Å²) in [6, 6.07) is 9.63. The second-order valence-corrected chi connectivity index (χ2v) is 5.88. The van der Waals surface area contributed by atoms with Gasteiger partial charge in [-0.2, -0.15) is 0 Å². The van der Waals surface area contributed by atoms with Gasteiger partial charge in [0.05, 0.1) is 12.1 Å². The van der Waals surface area contributed by atoms with E-state index in [1.54, 1.807) is 0 Å². The fraction of sp³-hybridized carbons (Fsp3) is 0.471. The molecule has 0 spiro atoms. The standard InChI is InChI=1S/C17H23N3O2/c1-12(16-11-14-5-3-4-6-15(14)22-16)19-17(21)13(2)20-9-7-18-8-10-20/h3-6,11-13,18H,7-10H2,1-2H3,(H,19,21).